The molecule has 0 saturated heterocycles. The zero-order valence-electron chi connectivity index (χ0n) is 22.7. The number of benzene rings is 3. The first-order valence-corrected chi connectivity index (χ1v) is 14.8. The van der Waals surface area contributed by atoms with Crippen LogP contribution in [0.25, 0.3) is 45.6 Å². The summed E-state index contributed by atoms with van der Waals surface area (Å²) >= 11 is 0. The number of nitrogens with one attached hydrogen (secondary N) is 1. The van der Waals surface area contributed by atoms with E-state index in [1.165, 1.54) is 54.7 Å². The standard InChI is InChI=1S/C37H36NP/c1-4-6-15-31-20-18-28(25-30(31)5-2)14-11-23-38-27(3)12-10-13-29-19-21-34-32-16-8-7-9-17-33(32)35-22-24-39-37(35)36(34)26-29/h4,6,8-12,14-22,24-26,38-39H,1,3,5,7,13,23H2,2H3/b12-10-,14-11-,15-6-. The summed E-state index contributed by atoms with van der Waals surface area (Å²) in [5, 5.41) is 9.05. The van der Waals surface area contributed by atoms with Gasteiger partial charge in [0.05, 0.1) is 0 Å². The zero-order chi connectivity index (χ0) is 27.0. The van der Waals surface area contributed by atoms with E-state index in [9.17, 15) is 0 Å². The second-order valence-electron chi connectivity index (χ2n) is 9.84. The van der Waals surface area contributed by atoms with Crippen LogP contribution in [0.3, 0.4) is 0 Å². The average molecular weight is 526 g/mol. The largest absolute Gasteiger partial charge is 0.382 e. The number of allylic oxidation sites excluding steroid dienone is 6. The Balaban J connectivity index is 1.21. The van der Waals surface area contributed by atoms with Crippen LogP contribution in [-0.2, 0) is 12.8 Å². The molecule has 5 rings (SSSR count). The highest BCUT2D eigenvalue weighted by molar-refractivity contribution is 7.37. The molecule has 0 spiro atoms. The smallest absolute Gasteiger partial charge is 0.0333 e. The minimum Gasteiger partial charge on any atom is -0.382 e. The van der Waals surface area contributed by atoms with Crippen LogP contribution in [-0.4, -0.2) is 6.54 Å². The minimum absolute atomic E-state index is 0.740. The normalized spacial score (nSPS) is 13.4. The molecule has 1 aliphatic carbocycles. The van der Waals surface area contributed by atoms with Gasteiger partial charge in [-0.1, -0.05) is 111 Å². The maximum atomic E-state index is 4.18. The Morgan fingerprint density at radius 1 is 0.949 bits per heavy atom. The molecule has 1 atom stereocenters. The number of hydrogen-bond acceptors (Lipinski definition) is 1. The molecule has 1 aromatic heterocycles. The molecule has 0 aliphatic heterocycles. The van der Waals surface area contributed by atoms with Crippen molar-refractivity contribution in [2.45, 2.75) is 26.2 Å². The van der Waals surface area contributed by atoms with Gasteiger partial charge in [0.25, 0.3) is 0 Å². The van der Waals surface area contributed by atoms with E-state index < -0.39 is 0 Å². The highest BCUT2D eigenvalue weighted by atomic mass is 31.0. The fourth-order valence-electron chi connectivity index (χ4n) is 5.23. The van der Waals surface area contributed by atoms with Gasteiger partial charge in [-0.3, -0.25) is 0 Å². The van der Waals surface area contributed by atoms with Gasteiger partial charge in [0, 0.05) is 17.4 Å². The van der Waals surface area contributed by atoms with Gasteiger partial charge in [0.15, 0.2) is 0 Å². The minimum atomic E-state index is 0.740. The molecular formula is C37H36NP. The third kappa shape index (κ3) is 6.17. The lowest BCUT2D eigenvalue weighted by atomic mass is 9.94. The SMILES string of the molecule is C=C/C=C\c1ccc(/C=C\CNC(=C)/C=C\Cc2ccc3c4c(c5cc[pH]c5c3c2)C=CCC=C4)cc1CC. The summed E-state index contributed by atoms with van der Waals surface area (Å²) in [4.78, 5) is 0. The van der Waals surface area contributed by atoms with Crippen molar-refractivity contribution in [3.63, 3.8) is 0 Å². The summed E-state index contributed by atoms with van der Waals surface area (Å²) in [6.07, 6.45) is 26.5. The van der Waals surface area contributed by atoms with Crippen molar-refractivity contribution in [1.29, 1.82) is 0 Å². The van der Waals surface area contributed by atoms with E-state index in [2.05, 4.69) is 128 Å². The van der Waals surface area contributed by atoms with Gasteiger partial charge >= 0.3 is 0 Å². The molecule has 3 aromatic carbocycles. The monoisotopic (exact) mass is 525 g/mol. The Hall–Kier alpha value is -4.06. The van der Waals surface area contributed by atoms with Crippen LogP contribution >= 0.6 is 8.19 Å². The Morgan fingerprint density at radius 2 is 1.79 bits per heavy atom. The van der Waals surface area contributed by atoms with Crippen LogP contribution in [0, 0.1) is 0 Å². The fraction of sp³-hybridized carbons (Fsp3) is 0.135. The first-order chi connectivity index (χ1) is 19.2. The molecule has 194 valence electrons. The molecule has 4 aromatic rings. The molecule has 0 fully saturated rings. The number of rotatable bonds is 10. The lowest BCUT2D eigenvalue weighted by Gasteiger charge is -2.11. The summed E-state index contributed by atoms with van der Waals surface area (Å²) in [5.41, 5.74) is 8.79. The molecule has 0 radical (unpaired) electrons. The maximum absolute atomic E-state index is 4.18. The number of hydrogen-bond donors (Lipinski definition) is 1. The van der Waals surface area contributed by atoms with Crippen LogP contribution in [0.1, 0.15) is 46.7 Å². The predicted octanol–water partition coefficient (Wildman–Crippen LogP) is 10.1. The molecule has 0 bridgehead atoms. The highest BCUT2D eigenvalue weighted by Gasteiger charge is 2.13. The van der Waals surface area contributed by atoms with Gasteiger partial charge in [-0.05, 0) is 92.8 Å². The molecule has 1 heterocycles. The quantitative estimate of drug-likeness (QED) is 0.203. The van der Waals surface area contributed by atoms with Gasteiger partial charge in [-0.2, -0.15) is 0 Å². The van der Waals surface area contributed by atoms with Crippen molar-refractivity contribution in [3.05, 3.63) is 143 Å². The molecular weight excluding hydrogens is 489 g/mol. The summed E-state index contributed by atoms with van der Waals surface area (Å²) in [6, 6.07) is 15.9. The van der Waals surface area contributed by atoms with Gasteiger partial charge < -0.3 is 5.32 Å². The predicted molar refractivity (Wildman–Crippen MR) is 178 cm³/mol. The molecule has 1 unspecified atom stereocenters. The molecule has 2 heteroatoms. The molecule has 1 nitrogen and oxygen atoms in total. The Kier molecular flexibility index (Phi) is 8.61. The zero-order valence-corrected chi connectivity index (χ0v) is 23.7. The summed E-state index contributed by atoms with van der Waals surface area (Å²) < 4.78 is 0. The molecule has 0 saturated carbocycles. The van der Waals surface area contributed by atoms with E-state index in [0.717, 1.165) is 39.7 Å². The van der Waals surface area contributed by atoms with E-state index in [0.29, 0.717) is 0 Å². The van der Waals surface area contributed by atoms with Crippen molar-refractivity contribution in [2.24, 2.45) is 0 Å². The summed E-state index contributed by atoms with van der Waals surface area (Å²) in [5.74, 6) is 2.32. The Morgan fingerprint density at radius 3 is 2.62 bits per heavy atom. The maximum Gasteiger partial charge on any atom is 0.0333 e. The lowest BCUT2D eigenvalue weighted by Crippen LogP contribution is -2.10. The second kappa shape index (κ2) is 12.7. The second-order valence-corrected chi connectivity index (χ2v) is 11.0. The van der Waals surface area contributed by atoms with Gasteiger partial charge in [-0.15, -0.1) is 8.19 Å². The van der Waals surface area contributed by atoms with Crippen LogP contribution in [0.4, 0.5) is 0 Å². The highest BCUT2D eigenvalue weighted by Crippen LogP contribution is 2.40. The Bertz CT molecular complexity index is 1670. The van der Waals surface area contributed by atoms with Crippen molar-refractivity contribution in [1.82, 2.24) is 5.32 Å². The van der Waals surface area contributed by atoms with Gasteiger partial charge in [0.2, 0.25) is 0 Å². The van der Waals surface area contributed by atoms with Crippen LogP contribution in [0.5, 0.6) is 0 Å². The van der Waals surface area contributed by atoms with E-state index >= 15 is 0 Å². The fourth-order valence-corrected chi connectivity index (χ4v) is 6.38. The third-order valence-electron chi connectivity index (χ3n) is 7.20. The topological polar surface area (TPSA) is 12.0 Å². The van der Waals surface area contributed by atoms with E-state index in [1.54, 1.807) is 0 Å². The van der Waals surface area contributed by atoms with E-state index in [-0.39, 0.29) is 0 Å². The van der Waals surface area contributed by atoms with Crippen LogP contribution < -0.4 is 5.32 Å². The van der Waals surface area contributed by atoms with Crippen molar-refractivity contribution in [3.8, 4) is 0 Å². The van der Waals surface area contributed by atoms with Crippen molar-refractivity contribution in [2.75, 3.05) is 6.54 Å². The van der Waals surface area contributed by atoms with E-state index in [1.807, 2.05) is 12.2 Å². The van der Waals surface area contributed by atoms with Gasteiger partial charge in [0.1, 0.15) is 0 Å². The first-order valence-electron chi connectivity index (χ1n) is 13.7. The first kappa shape index (κ1) is 26.5. The number of fused-ring (bicyclic) bond motifs is 6. The lowest BCUT2D eigenvalue weighted by molar-refractivity contribution is 0.941. The van der Waals surface area contributed by atoms with Crippen LogP contribution in [0.2, 0.25) is 0 Å². The van der Waals surface area contributed by atoms with Crippen molar-refractivity contribution >= 4 is 53.8 Å². The van der Waals surface area contributed by atoms with Crippen LogP contribution in [0.15, 0.2) is 110 Å². The van der Waals surface area contributed by atoms with Gasteiger partial charge in [-0.25, -0.2) is 0 Å². The molecule has 39 heavy (non-hydrogen) atoms. The Labute approximate surface area is 234 Å². The summed E-state index contributed by atoms with van der Waals surface area (Å²) in [7, 11) is 0.740. The summed E-state index contributed by atoms with van der Waals surface area (Å²) in [6.45, 7) is 10.9. The number of aryl methyl sites for hydroxylation is 1. The molecule has 0 amide bonds. The van der Waals surface area contributed by atoms with E-state index in [4.69, 9.17) is 0 Å². The van der Waals surface area contributed by atoms with Crippen molar-refractivity contribution < 1.29 is 0 Å². The third-order valence-corrected chi connectivity index (χ3v) is 8.36. The molecule has 1 N–H and O–H groups in total. The molecule has 1 aliphatic rings. The average Bonchev–Trinajstić information content (AvgIpc) is 3.32.